The van der Waals surface area contributed by atoms with Gasteiger partial charge in [0.1, 0.15) is 12.4 Å². The fraction of sp³-hybridized carbons (Fsp3) is 0.389. The topological polar surface area (TPSA) is 39.1 Å². The van der Waals surface area contributed by atoms with E-state index in [1.54, 1.807) is 0 Å². The Morgan fingerprint density at radius 2 is 2.13 bits per heavy atom. The highest BCUT2D eigenvalue weighted by Crippen LogP contribution is 2.27. The molecular weight excluding hydrogens is 310 g/mol. The van der Waals surface area contributed by atoms with Crippen molar-refractivity contribution in [2.75, 3.05) is 13.1 Å². The van der Waals surface area contributed by atoms with E-state index in [-0.39, 0.29) is 0 Å². The van der Waals surface area contributed by atoms with E-state index in [1.165, 1.54) is 5.57 Å². The molecule has 122 valence electrons. The molecule has 5 heteroatoms. The van der Waals surface area contributed by atoms with Crippen LogP contribution < -0.4 is 10.1 Å². The summed E-state index contributed by atoms with van der Waals surface area (Å²) in [6.07, 6.45) is 3.31. The second kappa shape index (κ2) is 6.77. The fourth-order valence-electron chi connectivity index (χ4n) is 2.88. The fourth-order valence-corrected chi connectivity index (χ4v) is 3.10. The number of hydrogen-bond donors (Lipinski definition) is 1. The van der Waals surface area contributed by atoms with Crippen LogP contribution in [0.25, 0.3) is 5.57 Å². The normalized spacial score (nSPS) is 14.7. The lowest BCUT2D eigenvalue weighted by molar-refractivity contribution is 0.304. The SMILES string of the molecule is Cc1nn(C)c(C)c1COc1cc(Cl)cc(C2=CCCNC2)c1. The molecule has 0 saturated carbocycles. The van der Waals surface area contributed by atoms with E-state index in [2.05, 4.69) is 29.5 Å². The molecule has 0 atom stereocenters. The molecule has 0 fully saturated rings. The lowest BCUT2D eigenvalue weighted by Gasteiger charge is -2.16. The van der Waals surface area contributed by atoms with E-state index in [1.807, 2.05) is 30.8 Å². The summed E-state index contributed by atoms with van der Waals surface area (Å²) >= 11 is 6.27. The molecule has 0 amide bonds. The van der Waals surface area contributed by atoms with Gasteiger partial charge in [-0.15, -0.1) is 0 Å². The Morgan fingerprint density at radius 1 is 1.30 bits per heavy atom. The van der Waals surface area contributed by atoms with Crippen LogP contribution in [-0.4, -0.2) is 22.9 Å². The zero-order valence-corrected chi connectivity index (χ0v) is 14.6. The third-order valence-electron chi connectivity index (χ3n) is 4.31. The Bertz CT molecular complexity index is 749. The van der Waals surface area contributed by atoms with Crippen LogP contribution in [0.15, 0.2) is 24.3 Å². The van der Waals surface area contributed by atoms with Gasteiger partial charge in [-0.25, -0.2) is 0 Å². The van der Waals surface area contributed by atoms with E-state index in [9.17, 15) is 0 Å². The molecule has 23 heavy (non-hydrogen) atoms. The predicted octanol–water partition coefficient (Wildman–Crippen LogP) is 3.65. The Hall–Kier alpha value is -1.78. The van der Waals surface area contributed by atoms with E-state index >= 15 is 0 Å². The number of hydrogen-bond acceptors (Lipinski definition) is 3. The second-order valence-corrected chi connectivity index (χ2v) is 6.37. The minimum Gasteiger partial charge on any atom is -0.489 e. The van der Waals surface area contributed by atoms with E-state index < -0.39 is 0 Å². The largest absolute Gasteiger partial charge is 0.489 e. The minimum absolute atomic E-state index is 0.503. The number of rotatable bonds is 4. The molecule has 0 unspecified atom stereocenters. The summed E-state index contributed by atoms with van der Waals surface area (Å²) in [5.41, 5.74) is 5.67. The molecule has 1 aromatic heterocycles. The van der Waals surface area contributed by atoms with Gasteiger partial charge in [0.05, 0.1) is 5.69 Å². The molecular formula is C18H22ClN3O. The first-order valence-corrected chi connectivity index (χ1v) is 8.25. The van der Waals surface area contributed by atoms with Crippen LogP contribution in [0, 0.1) is 13.8 Å². The van der Waals surface area contributed by atoms with Crippen LogP contribution in [0.3, 0.4) is 0 Å². The van der Waals surface area contributed by atoms with Gasteiger partial charge in [-0.3, -0.25) is 4.68 Å². The maximum absolute atomic E-state index is 6.27. The summed E-state index contributed by atoms with van der Waals surface area (Å²) in [4.78, 5) is 0. The molecule has 1 aliphatic rings. The van der Waals surface area contributed by atoms with Gasteiger partial charge in [-0.05, 0) is 56.1 Å². The highest BCUT2D eigenvalue weighted by atomic mass is 35.5. The van der Waals surface area contributed by atoms with Crippen molar-refractivity contribution >= 4 is 17.2 Å². The zero-order valence-electron chi connectivity index (χ0n) is 13.8. The first-order chi connectivity index (χ1) is 11.0. The quantitative estimate of drug-likeness (QED) is 0.929. The van der Waals surface area contributed by atoms with Gasteiger partial charge in [-0.1, -0.05) is 17.7 Å². The molecule has 0 radical (unpaired) electrons. The van der Waals surface area contributed by atoms with Crippen LogP contribution in [-0.2, 0) is 13.7 Å². The van der Waals surface area contributed by atoms with Crippen LogP contribution in [0.2, 0.25) is 5.02 Å². The van der Waals surface area contributed by atoms with Crippen molar-refractivity contribution in [2.45, 2.75) is 26.9 Å². The molecule has 4 nitrogen and oxygen atoms in total. The summed E-state index contributed by atoms with van der Waals surface area (Å²) in [5.74, 6) is 0.793. The van der Waals surface area contributed by atoms with Crippen molar-refractivity contribution in [1.82, 2.24) is 15.1 Å². The average Bonchev–Trinajstić information content (AvgIpc) is 2.78. The molecule has 1 aromatic carbocycles. The van der Waals surface area contributed by atoms with Crippen LogP contribution in [0.4, 0.5) is 0 Å². The number of halogens is 1. The van der Waals surface area contributed by atoms with E-state index in [0.717, 1.165) is 47.8 Å². The molecule has 0 bridgehead atoms. The number of benzene rings is 1. The summed E-state index contributed by atoms with van der Waals surface area (Å²) < 4.78 is 7.88. The maximum Gasteiger partial charge on any atom is 0.121 e. The molecule has 2 heterocycles. The number of ether oxygens (including phenoxy) is 1. The molecule has 3 rings (SSSR count). The van der Waals surface area contributed by atoms with Crippen molar-refractivity contribution < 1.29 is 4.74 Å². The van der Waals surface area contributed by atoms with Crippen molar-refractivity contribution in [3.05, 3.63) is 51.8 Å². The summed E-state index contributed by atoms with van der Waals surface area (Å²) in [6.45, 7) is 6.48. The van der Waals surface area contributed by atoms with Gasteiger partial charge in [0.2, 0.25) is 0 Å². The standard InChI is InChI=1S/C18H22ClN3O/c1-12-18(13(2)22(3)21-12)11-23-17-8-15(7-16(19)9-17)14-5-4-6-20-10-14/h5,7-9,20H,4,6,10-11H2,1-3H3. The van der Waals surface area contributed by atoms with Crippen molar-refractivity contribution in [3.63, 3.8) is 0 Å². The molecule has 0 spiro atoms. The lowest BCUT2D eigenvalue weighted by atomic mass is 10.0. The lowest BCUT2D eigenvalue weighted by Crippen LogP contribution is -2.21. The van der Waals surface area contributed by atoms with Gasteiger partial charge < -0.3 is 10.1 Å². The molecule has 0 saturated heterocycles. The third kappa shape index (κ3) is 3.59. The Balaban J connectivity index is 1.80. The highest BCUT2D eigenvalue weighted by Gasteiger charge is 2.12. The number of aromatic nitrogens is 2. The summed E-state index contributed by atoms with van der Waals surface area (Å²) in [5, 5.41) is 8.51. The number of nitrogens with zero attached hydrogens (tertiary/aromatic N) is 2. The van der Waals surface area contributed by atoms with Gasteiger partial charge >= 0.3 is 0 Å². The summed E-state index contributed by atoms with van der Waals surface area (Å²) in [6, 6.07) is 5.92. The Morgan fingerprint density at radius 3 is 2.78 bits per heavy atom. The average molecular weight is 332 g/mol. The van der Waals surface area contributed by atoms with Gasteiger partial charge in [0, 0.05) is 29.9 Å². The number of aryl methyl sites for hydroxylation is 2. The van der Waals surface area contributed by atoms with Crippen LogP contribution >= 0.6 is 11.6 Å². The molecule has 1 N–H and O–H groups in total. The first-order valence-electron chi connectivity index (χ1n) is 7.87. The zero-order chi connectivity index (χ0) is 16.4. The second-order valence-electron chi connectivity index (χ2n) is 5.93. The Labute approximate surface area is 142 Å². The van der Waals surface area contributed by atoms with Gasteiger partial charge in [-0.2, -0.15) is 5.10 Å². The monoisotopic (exact) mass is 331 g/mol. The van der Waals surface area contributed by atoms with Crippen molar-refractivity contribution in [2.24, 2.45) is 7.05 Å². The maximum atomic E-state index is 6.27. The van der Waals surface area contributed by atoms with Crippen LogP contribution in [0.5, 0.6) is 5.75 Å². The third-order valence-corrected chi connectivity index (χ3v) is 4.53. The van der Waals surface area contributed by atoms with Crippen LogP contribution in [0.1, 0.15) is 28.9 Å². The van der Waals surface area contributed by atoms with E-state index in [0.29, 0.717) is 11.6 Å². The molecule has 2 aromatic rings. The minimum atomic E-state index is 0.503. The molecule has 1 aliphatic heterocycles. The van der Waals surface area contributed by atoms with Crippen molar-refractivity contribution in [3.8, 4) is 5.75 Å². The highest BCUT2D eigenvalue weighted by molar-refractivity contribution is 6.30. The smallest absolute Gasteiger partial charge is 0.121 e. The summed E-state index contributed by atoms with van der Waals surface area (Å²) in [7, 11) is 1.95. The molecule has 0 aliphatic carbocycles. The Kier molecular flexibility index (Phi) is 4.74. The van der Waals surface area contributed by atoms with Gasteiger partial charge in [0.25, 0.3) is 0 Å². The van der Waals surface area contributed by atoms with Gasteiger partial charge in [0.15, 0.2) is 0 Å². The number of nitrogens with one attached hydrogen (secondary N) is 1. The predicted molar refractivity (Wildman–Crippen MR) is 93.9 cm³/mol. The first kappa shape index (κ1) is 16.1. The van der Waals surface area contributed by atoms with Crippen molar-refractivity contribution in [1.29, 1.82) is 0 Å². The van der Waals surface area contributed by atoms with E-state index in [4.69, 9.17) is 16.3 Å².